The van der Waals surface area contributed by atoms with Gasteiger partial charge in [-0.15, -0.1) is 0 Å². The molecule has 0 saturated heterocycles. The number of rotatable bonds is 5. The number of benzene rings is 1. The number of hydrogen-bond acceptors (Lipinski definition) is 4. The van der Waals surface area contributed by atoms with Crippen molar-refractivity contribution < 1.29 is 8.42 Å². The first kappa shape index (κ1) is 17.7. The third-order valence-corrected chi connectivity index (χ3v) is 6.72. The number of nitrogens with two attached hydrogens (primary N) is 1. The van der Waals surface area contributed by atoms with Gasteiger partial charge in [0, 0.05) is 30.3 Å². The predicted octanol–water partition coefficient (Wildman–Crippen LogP) is 2.31. The highest BCUT2D eigenvalue weighted by atomic mass is 79.9. The minimum Gasteiger partial charge on any atom is -0.378 e. The van der Waals surface area contributed by atoms with Gasteiger partial charge in [-0.1, -0.05) is 12.8 Å². The first-order valence-electron chi connectivity index (χ1n) is 7.54. The molecule has 1 aliphatic carbocycles. The number of sulfonamides is 1. The van der Waals surface area contributed by atoms with E-state index >= 15 is 0 Å². The van der Waals surface area contributed by atoms with Gasteiger partial charge in [-0.05, 0) is 59.4 Å². The van der Waals surface area contributed by atoms with Crippen molar-refractivity contribution in [2.45, 2.75) is 36.6 Å². The highest BCUT2D eigenvalue weighted by Gasteiger charge is 2.29. The monoisotopic (exact) mass is 389 g/mol. The molecule has 2 rings (SSSR count). The molecule has 124 valence electrons. The Bertz CT molecular complexity index is 619. The number of hydrogen-bond donors (Lipinski definition) is 2. The second kappa shape index (κ2) is 7.29. The normalized spacial score (nSPS) is 22.5. The highest BCUT2D eigenvalue weighted by Crippen LogP contribution is 2.29. The fourth-order valence-corrected chi connectivity index (χ4v) is 5.21. The lowest BCUT2D eigenvalue weighted by Crippen LogP contribution is -2.44. The quantitative estimate of drug-likeness (QED) is 0.809. The van der Waals surface area contributed by atoms with E-state index in [9.17, 15) is 8.42 Å². The van der Waals surface area contributed by atoms with Crippen LogP contribution in [0.1, 0.15) is 25.7 Å². The van der Waals surface area contributed by atoms with Crippen molar-refractivity contribution in [1.29, 1.82) is 0 Å². The van der Waals surface area contributed by atoms with Crippen LogP contribution in [0, 0.1) is 5.92 Å². The van der Waals surface area contributed by atoms with Gasteiger partial charge in [0.25, 0.3) is 0 Å². The molecule has 1 aliphatic rings. The van der Waals surface area contributed by atoms with E-state index in [-0.39, 0.29) is 16.9 Å². The van der Waals surface area contributed by atoms with E-state index in [1.54, 1.807) is 12.1 Å². The summed E-state index contributed by atoms with van der Waals surface area (Å²) in [5.74, 6) is 0.222. The van der Waals surface area contributed by atoms with Crippen molar-refractivity contribution in [2.75, 3.05) is 25.5 Å². The highest BCUT2D eigenvalue weighted by molar-refractivity contribution is 9.10. The summed E-state index contributed by atoms with van der Waals surface area (Å²) in [6, 6.07) is 5.27. The van der Waals surface area contributed by atoms with Crippen LogP contribution in [0.3, 0.4) is 0 Å². The Balaban J connectivity index is 2.28. The second-order valence-electron chi connectivity index (χ2n) is 6.02. The maximum absolute atomic E-state index is 12.8. The Morgan fingerprint density at radius 2 is 2.00 bits per heavy atom. The van der Waals surface area contributed by atoms with E-state index in [4.69, 9.17) is 5.73 Å². The molecule has 1 fully saturated rings. The fraction of sp³-hybridized carbons (Fsp3) is 0.600. The number of nitrogens with zero attached hydrogens (tertiary/aromatic N) is 1. The first-order valence-corrected chi connectivity index (χ1v) is 9.82. The summed E-state index contributed by atoms with van der Waals surface area (Å²) < 4.78 is 29.0. The number of halogens is 1. The lowest BCUT2D eigenvalue weighted by molar-refractivity contribution is 0.296. The molecule has 0 spiro atoms. The topological polar surface area (TPSA) is 75.4 Å². The van der Waals surface area contributed by atoms with Gasteiger partial charge in [0.05, 0.1) is 4.90 Å². The van der Waals surface area contributed by atoms with Gasteiger partial charge in [0.1, 0.15) is 0 Å². The third-order valence-electron chi connectivity index (χ3n) is 4.24. The van der Waals surface area contributed by atoms with Crippen molar-refractivity contribution in [3.8, 4) is 0 Å². The van der Waals surface area contributed by atoms with Crippen molar-refractivity contribution >= 4 is 31.6 Å². The van der Waals surface area contributed by atoms with Gasteiger partial charge in [-0.3, -0.25) is 0 Å². The lowest BCUT2D eigenvalue weighted by Gasteiger charge is -2.31. The molecule has 0 aromatic heterocycles. The SMILES string of the molecule is CN(C)c1ccc(Br)c(S(=O)(=O)NC2CCCCC2CN)c1. The summed E-state index contributed by atoms with van der Waals surface area (Å²) >= 11 is 3.35. The fourth-order valence-electron chi connectivity index (χ4n) is 2.88. The molecule has 1 saturated carbocycles. The molecule has 0 radical (unpaired) electrons. The second-order valence-corrected chi connectivity index (χ2v) is 8.55. The minimum atomic E-state index is -3.57. The largest absolute Gasteiger partial charge is 0.378 e. The van der Waals surface area contributed by atoms with Crippen molar-refractivity contribution in [3.63, 3.8) is 0 Å². The Hall–Kier alpha value is -0.630. The molecular formula is C15H24BrN3O2S. The smallest absolute Gasteiger partial charge is 0.242 e. The Labute approximate surface area is 141 Å². The van der Waals surface area contributed by atoms with Gasteiger partial charge in [-0.2, -0.15) is 0 Å². The summed E-state index contributed by atoms with van der Waals surface area (Å²) in [6.07, 6.45) is 4.01. The Kier molecular flexibility index (Phi) is 5.87. The number of nitrogens with one attached hydrogen (secondary N) is 1. The van der Waals surface area contributed by atoms with Crippen LogP contribution >= 0.6 is 15.9 Å². The lowest BCUT2D eigenvalue weighted by atomic mass is 9.85. The molecular weight excluding hydrogens is 366 g/mol. The van der Waals surface area contributed by atoms with E-state index in [2.05, 4.69) is 20.7 Å². The van der Waals surface area contributed by atoms with Gasteiger partial charge < -0.3 is 10.6 Å². The summed E-state index contributed by atoms with van der Waals surface area (Å²) in [5.41, 5.74) is 6.64. The van der Waals surface area contributed by atoms with Crippen LogP contribution in [0.15, 0.2) is 27.6 Å². The van der Waals surface area contributed by atoms with Crippen LogP contribution in [0.4, 0.5) is 5.69 Å². The van der Waals surface area contributed by atoms with Crippen molar-refractivity contribution in [2.24, 2.45) is 11.7 Å². The zero-order valence-electron chi connectivity index (χ0n) is 13.0. The molecule has 1 aromatic rings. The van der Waals surface area contributed by atoms with Crippen molar-refractivity contribution in [3.05, 3.63) is 22.7 Å². The van der Waals surface area contributed by atoms with Gasteiger partial charge >= 0.3 is 0 Å². The first-order chi connectivity index (χ1) is 10.3. The van der Waals surface area contributed by atoms with Crippen LogP contribution in [-0.4, -0.2) is 35.1 Å². The van der Waals surface area contributed by atoms with E-state index in [0.29, 0.717) is 11.0 Å². The van der Waals surface area contributed by atoms with Gasteiger partial charge in [0.15, 0.2) is 0 Å². The summed E-state index contributed by atoms with van der Waals surface area (Å²) in [6.45, 7) is 0.520. The van der Waals surface area contributed by atoms with Gasteiger partial charge in [-0.25, -0.2) is 13.1 Å². The summed E-state index contributed by atoms with van der Waals surface area (Å²) in [4.78, 5) is 2.16. The third kappa shape index (κ3) is 4.01. The maximum atomic E-state index is 12.8. The van der Waals surface area contributed by atoms with Crippen LogP contribution in [0.25, 0.3) is 0 Å². The number of anilines is 1. The average molecular weight is 390 g/mol. The van der Waals surface area contributed by atoms with E-state index in [0.717, 1.165) is 31.4 Å². The zero-order chi connectivity index (χ0) is 16.3. The molecule has 0 aliphatic heterocycles. The zero-order valence-corrected chi connectivity index (χ0v) is 15.5. The molecule has 0 amide bonds. The Morgan fingerprint density at radius 3 is 2.64 bits per heavy atom. The van der Waals surface area contributed by atoms with Crippen molar-refractivity contribution in [1.82, 2.24) is 4.72 Å². The molecule has 5 nitrogen and oxygen atoms in total. The molecule has 2 atom stereocenters. The summed E-state index contributed by atoms with van der Waals surface area (Å²) in [7, 11) is 0.206. The molecule has 0 heterocycles. The molecule has 7 heteroatoms. The van der Waals surface area contributed by atoms with Crippen LogP contribution < -0.4 is 15.4 Å². The molecule has 2 unspecified atom stereocenters. The minimum absolute atomic E-state index is 0.0707. The van der Waals surface area contributed by atoms with E-state index in [1.807, 2.05) is 25.1 Å². The van der Waals surface area contributed by atoms with E-state index in [1.165, 1.54) is 0 Å². The van der Waals surface area contributed by atoms with Crippen LogP contribution in [0.5, 0.6) is 0 Å². The Morgan fingerprint density at radius 1 is 1.32 bits per heavy atom. The maximum Gasteiger partial charge on any atom is 0.242 e. The van der Waals surface area contributed by atoms with Crippen LogP contribution in [-0.2, 0) is 10.0 Å². The standard InChI is InChI=1S/C15H24BrN3O2S/c1-19(2)12-7-8-13(16)15(9-12)22(20,21)18-14-6-4-3-5-11(14)10-17/h7-9,11,14,18H,3-6,10,17H2,1-2H3. The molecule has 1 aromatic carbocycles. The molecule has 3 N–H and O–H groups in total. The van der Waals surface area contributed by atoms with Crippen LogP contribution in [0.2, 0.25) is 0 Å². The average Bonchev–Trinajstić information content (AvgIpc) is 2.47. The molecule has 0 bridgehead atoms. The molecule has 22 heavy (non-hydrogen) atoms. The van der Waals surface area contributed by atoms with Gasteiger partial charge in [0.2, 0.25) is 10.0 Å². The summed E-state index contributed by atoms with van der Waals surface area (Å²) in [5, 5.41) is 0. The van der Waals surface area contributed by atoms with E-state index < -0.39 is 10.0 Å². The predicted molar refractivity (Wildman–Crippen MR) is 93.6 cm³/mol.